The fraction of sp³-hybridized carbons (Fsp3) is 0.538. The van der Waals surface area contributed by atoms with E-state index in [0.29, 0.717) is 6.61 Å². The van der Waals surface area contributed by atoms with E-state index in [1.165, 1.54) is 7.11 Å². The average Bonchev–Trinajstić information content (AvgIpc) is 2.39. The van der Waals surface area contributed by atoms with Gasteiger partial charge in [-0.1, -0.05) is 19.1 Å². The molecular formula is C13H22N2O3S. The summed E-state index contributed by atoms with van der Waals surface area (Å²) in [5.74, 6) is 0. The summed E-state index contributed by atoms with van der Waals surface area (Å²) in [6, 6.07) is 7.12. The van der Waals surface area contributed by atoms with Crippen molar-refractivity contribution in [3.8, 4) is 0 Å². The lowest BCUT2D eigenvalue weighted by molar-refractivity contribution is 0.204. The Labute approximate surface area is 115 Å². The van der Waals surface area contributed by atoms with Crippen molar-refractivity contribution in [3.05, 3.63) is 29.8 Å². The summed E-state index contributed by atoms with van der Waals surface area (Å²) in [4.78, 5) is 0.274. The fourth-order valence-corrected chi connectivity index (χ4v) is 2.73. The minimum Gasteiger partial charge on any atom is -0.383 e. The Morgan fingerprint density at radius 2 is 1.89 bits per heavy atom. The molecule has 1 atom stereocenters. The van der Waals surface area contributed by atoms with Gasteiger partial charge in [0.1, 0.15) is 0 Å². The molecule has 19 heavy (non-hydrogen) atoms. The van der Waals surface area contributed by atoms with E-state index in [1.54, 1.807) is 12.1 Å². The van der Waals surface area contributed by atoms with Gasteiger partial charge in [0.15, 0.2) is 0 Å². The zero-order valence-corrected chi connectivity index (χ0v) is 12.5. The second kappa shape index (κ2) is 7.59. The van der Waals surface area contributed by atoms with Gasteiger partial charge in [-0.15, -0.1) is 0 Å². The van der Waals surface area contributed by atoms with E-state index >= 15 is 0 Å². The molecule has 0 aromatic heterocycles. The largest absolute Gasteiger partial charge is 0.383 e. The second-order valence-electron chi connectivity index (χ2n) is 4.24. The van der Waals surface area contributed by atoms with E-state index in [4.69, 9.17) is 4.74 Å². The molecule has 0 saturated heterocycles. The van der Waals surface area contributed by atoms with Crippen LogP contribution < -0.4 is 10.0 Å². The maximum absolute atomic E-state index is 11.9. The van der Waals surface area contributed by atoms with Crippen molar-refractivity contribution in [3.63, 3.8) is 0 Å². The third-order valence-electron chi connectivity index (χ3n) is 2.80. The van der Waals surface area contributed by atoms with Crippen LogP contribution in [0.2, 0.25) is 0 Å². The van der Waals surface area contributed by atoms with Crippen LogP contribution in [-0.2, 0) is 14.8 Å². The van der Waals surface area contributed by atoms with Gasteiger partial charge in [-0.05, 0) is 31.2 Å². The topological polar surface area (TPSA) is 67.4 Å². The Hall–Kier alpha value is -0.950. The lowest BCUT2D eigenvalue weighted by atomic mass is 10.1. The summed E-state index contributed by atoms with van der Waals surface area (Å²) in [6.45, 7) is 5.59. The molecule has 0 aliphatic heterocycles. The fourth-order valence-electron chi connectivity index (χ4n) is 1.72. The Morgan fingerprint density at radius 3 is 2.42 bits per heavy atom. The van der Waals surface area contributed by atoms with Gasteiger partial charge in [-0.2, -0.15) is 0 Å². The number of sulfonamides is 1. The molecule has 6 heteroatoms. The predicted octanol–water partition coefficient (Wildman–Crippen LogP) is 1.28. The molecule has 1 unspecified atom stereocenters. The first-order valence-electron chi connectivity index (χ1n) is 6.33. The van der Waals surface area contributed by atoms with Gasteiger partial charge in [0.25, 0.3) is 0 Å². The summed E-state index contributed by atoms with van der Waals surface area (Å²) in [6.07, 6.45) is 0. The number of rotatable bonds is 8. The molecule has 5 nitrogen and oxygen atoms in total. The van der Waals surface area contributed by atoms with Gasteiger partial charge in [0.2, 0.25) is 10.0 Å². The molecule has 0 amide bonds. The van der Waals surface area contributed by atoms with Crippen LogP contribution in [0.4, 0.5) is 0 Å². The van der Waals surface area contributed by atoms with E-state index in [-0.39, 0.29) is 17.5 Å². The Bertz CT molecular complexity index is 471. The van der Waals surface area contributed by atoms with E-state index in [0.717, 1.165) is 12.1 Å². The minimum absolute atomic E-state index is 0.211. The molecule has 1 rings (SSSR count). The van der Waals surface area contributed by atoms with Gasteiger partial charge >= 0.3 is 0 Å². The third-order valence-corrected chi connectivity index (χ3v) is 4.28. The highest BCUT2D eigenvalue weighted by Gasteiger charge is 2.13. The quantitative estimate of drug-likeness (QED) is 0.707. The summed E-state index contributed by atoms with van der Waals surface area (Å²) in [5, 5.41) is 3.28. The van der Waals surface area contributed by atoms with Crippen LogP contribution in [0.15, 0.2) is 29.2 Å². The normalized spacial score (nSPS) is 13.4. The Morgan fingerprint density at radius 1 is 1.26 bits per heavy atom. The molecule has 0 bridgehead atoms. The highest BCUT2D eigenvalue weighted by atomic mass is 32.2. The van der Waals surface area contributed by atoms with Crippen molar-refractivity contribution in [2.45, 2.75) is 24.8 Å². The average molecular weight is 286 g/mol. The number of nitrogens with one attached hydrogen (secondary N) is 2. The molecule has 0 radical (unpaired) electrons. The van der Waals surface area contributed by atoms with Crippen LogP contribution in [0.5, 0.6) is 0 Å². The Kier molecular flexibility index (Phi) is 6.44. The predicted molar refractivity (Wildman–Crippen MR) is 75.6 cm³/mol. The molecule has 0 saturated carbocycles. The summed E-state index contributed by atoms with van der Waals surface area (Å²) < 4.78 is 31.2. The van der Waals surface area contributed by atoms with Crippen LogP contribution in [0, 0.1) is 0 Å². The first-order valence-corrected chi connectivity index (χ1v) is 7.81. The molecule has 0 aliphatic carbocycles. The van der Waals surface area contributed by atoms with Gasteiger partial charge in [-0.25, -0.2) is 13.1 Å². The van der Waals surface area contributed by atoms with Crippen LogP contribution in [-0.4, -0.2) is 35.2 Å². The maximum Gasteiger partial charge on any atom is 0.240 e. The SMILES string of the molecule is CCNC(C)c1ccc(S(=O)(=O)NCCOC)cc1. The number of ether oxygens (including phenoxy) is 1. The number of hydrogen-bond acceptors (Lipinski definition) is 4. The second-order valence-corrected chi connectivity index (χ2v) is 6.01. The van der Waals surface area contributed by atoms with Crippen LogP contribution in [0.1, 0.15) is 25.5 Å². The highest BCUT2D eigenvalue weighted by molar-refractivity contribution is 7.89. The molecular weight excluding hydrogens is 264 g/mol. The van der Waals surface area contributed by atoms with Crippen LogP contribution >= 0.6 is 0 Å². The van der Waals surface area contributed by atoms with Crippen molar-refractivity contribution < 1.29 is 13.2 Å². The Balaban J connectivity index is 2.75. The van der Waals surface area contributed by atoms with Crippen molar-refractivity contribution in [2.75, 3.05) is 26.8 Å². The highest BCUT2D eigenvalue weighted by Crippen LogP contribution is 2.15. The number of hydrogen-bond donors (Lipinski definition) is 2. The summed E-state index contributed by atoms with van der Waals surface area (Å²) in [5.41, 5.74) is 1.07. The molecule has 2 N–H and O–H groups in total. The molecule has 1 aromatic carbocycles. The monoisotopic (exact) mass is 286 g/mol. The summed E-state index contributed by atoms with van der Waals surface area (Å²) in [7, 11) is -1.90. The first-order chi connectivity index (χ1) is 9.01. The zero-order valence-electron chi connectivity index (χ0n) is 11.6. The van der Waals surface area contributed by atoms with Crippen molar-refractivity contribution in [1.82, 2.24) is 10.0 Å². The smallest absolute Gasteiger partial charge is 0.240 e. The van der Waals surface area contributed by atoms with Crippen LogP contribution in [0.25, 0.3) is 0 Å². The first kappa shape index (κ1) is 16.1. The molecule has 0 fully saturated rings. The van der Waals surface area contributed by atoms with Gasteiger partial charge < -0.3 is 10.1 Å². The summed E-state index contributed by atoms with van der Waals surface area (Å²) >= 11 is 0. The van der Waals surface area contributed by atoms with Gasteiger partial charge in [-0.3, -0.25) is 0 Å². The van der Waals surface area contributed by atoms with Crippen molar-refractivity contribution in [1.29, 1.82) is 0 Å². The maximum atomic E-state index is 11.9. The van der Waals surface area contributed by atoms with E-state index in [2.05, 4.69) is 10.0 Å². The van der Waals surface area contributed by atoms with E-state index in [1.807, 2.05) is 26.0 Å². The van der Waals surface area contributed by atoms with E-state index < -0.39 is 10.0 Å². The standard InChI is InChI=1S/C13H22N2O3S/c1-4-14-11(2)12-5-7-13(8-6-12)19(16,17)15-9-10-18-3/h5-8,11,14-15H,4,9-10H2,1-3H3. The van der Waals surface area contributed by atoms with Gasteiger partial charge in [0.05, 0.1) is 11.5 Å². The molecule has 0 aliphatic rings. The molecule has 1 aromatic rings. The number of methoxy groups -OCH3 is 1. The number of benzene rings is 1. The zero-order chi connectivity index (χ0) is 14.3. The molecule has 108 valence electrons. The van der Waals surface area contributed by atoms with Crippen molar-refractivity contribution in [2.24, 2.45) is 0 Å². The van der Waals surface area contributed by atoms with Crippen molar-refractivity contribution >= 4 is 10.0 Å². The minimum atomic E-state index is -3.44. The van der Waals surface area contributed by atoms with Gasteiger partial charge in [0, 0.05) is 19.7 Å². The van der Waals surface area contributed by atoms with Crippen LogP contribution in [0.3, 0.4) is 0 Å². The molecule has 0 spiro atoms. The third kappa shape index (κ3) is 4.91. The lowest BCUT2D eigenvalue weighted by Crippen LogP contribution is -2.27. The lowest BCUT2D eigenvalue weighted by Gasteiger charge is -2.13. The molecule has 0 heterocycles. The van der Waals surface area contributed by atoms with E-state index in [9.17, 15) is 8.42 Å².